The van der Waals surface area contributed by atoms with Gasteiger partial charge in [0.2, 0.25) is 10.0 Å². The zero-order chi connectivity index (χ0) is 18.2. The predicted molar refractivity (Wildman–Crippen MR) is 96.4 cm³/mol. The molecule has 132 valence electrons. The number of phenolic OH excluding ortho intramolecular Hbond substituents is 1. The Morgan fingerprint density at radius 1 is 1.20 bits per heavy atom. The van der Waals surface area contributed by atoms with E-state index in [2.05, 4.69) is 5.10 Å². The molecule has 2 aromatic carbocycles. The molecular formula is C18H20N2O4S. The average molecular weight is 360 g/mol. The second-order valence-corrected chi connectivity index (χ2v) is 7.94. The summed E-state index contributed by atoms with van der Waals surface area (Å²) in [4.78, 5) is 0. The van der Waals surface area contributed by atoms with E-state index in [1.165, 1.54) is 13.2 Å². The number of rotatable bonds is 4. The third-order valence-corrected chi connectivity index (χ3v) is 5.20. The quantitative estimate of drug-likeness (QED) is 0.909. The predicted octanol–water partition coefficient (Wildman–Crippen LogP) is 2.82. The van der Waals surface area contributed by atoms with E-state index in [1.54, 1.807) is 12.1 Å². The van der Waals surface area contributed by atoms with E-state index in [-0.39, 0.29) is 11.8 Å². The van der Waals surface area contributed by atoms with Gasteiger partial charge < -0.3 is 9.84 Å². The largest absolute Gasteiger partial charge is 0.504 e. The Bertz CT molecular complexity index is 921. The number of aryl methyl sites for hydroxylation is 1. The number of methoxy groups -OCH3 is 1. The minimum absolute atomic E-state index is 0.0277. The van der Waals surface area contributed by atoms with Crippen molar-refractivity contribution in [2.75, 3.05) is 13.4 Å². The van der Waals surface area contributed by atoms with Crippen molar-refractivity contribution >= 4 is 15.7 Å². The highest BCUT2D eigenvalue weighted by molar-refractivity contribution is 7.88. The SMILES string of the molecule is COc1cc(C2=NN(S(C)(=O)=O)[C@H](c3ccc(C)cc3)C2)ccc1O. The summed E-state index contributed by atoms with van der Waals surface area (Å²) in [5.41, 5.74) is 3.35. The highest BCUT2D eigenvalue weighted by Crippen LogP contribution is 2.36. The second kappa shape index (κ2) is 6.40. The number of hydrazone groups is 1. The first-order valence-corrected chi connectivity index (χ1v) is 9.65. The maximum atomic E-state index is 12.2. The first kappa shape index (κ1) is 17.3. The summed E-state index contributed by atoms with van der Waals surface area (Å²) in [7, 11) is -2.04. The minimum atomic E-state index is -3.51. The Hall–Kier alpha value is -2.54. The molecule has 0 unspecified atom stereocenters. The minimum Gasteiger partial charge on any atom is -0.504 e. The van der Waals surface area contributed by atoms with Gasteiger partial charge >= 0.3 is 0 Å². The van der Waals surface area contributed by atoms with Gasteiger partial charge in [-0.15, -0.1) is 0 Å². The lowest BCUT2D eigenvalue weighted by atomic mass is 9.98. The molecule has 1 heterocycles. The molecule has 0 radical (unpaired) electrons. The Labute approximate surface area is 147 Å². The molecule has 3 rings (SSSR count). The highest BCUT2D eigenvalue weighted by atomic mass is 32.2. The zero-order valence-electron chi connectivity index (χ0n) is 14.3. The number of nitrogens with zero attached hydrogens (tertiary/aromatic N) is 2. The van der Waals surface area contributed by atoms with E-state index in [9.17, 15) is 13.5 Å². The third kappa shape index (κ3) is 3.46. The van der Waals surface area contributed by atoms with Gasteiger partial charge in [-0.05, 0) is 30.7 Å². The van der Waals surface area contributed by atoms with E-state index >= 15 is 0 Å². The summed E-state index contributed by atoms with van der Waals surface area (Å²) in [6.45, 7) is 1.98. The lowest BCUT2D eigenvalue weighted by Gasteiger charge is -2.21. The van der Waals surface area contributed by atoms with Gasteiger partial charge in [-0.2, -0.15) is 9.52 Å². The molecule has 0 saturated carbocycles. The summed E-state index contributed by atoms with van der Waals surface area (Å²) >= 11 is 0. The summed E-state index contributed by atoms with van der Waals surface area (Å²) in [5.74, 6) is 0.352. The van der Waals surface area contributed by atoms with Crippen LogP contribution in [0.1, 0.15) is 29.2 Å². The lowest BCUT2D eigenvalue weighted by molar-refractivity contribution is 0.373. The molecule has 25 heavy (non-hydrogen) atoms. The fourth-order valence-corrected chi connectivity index (χ4v) is 3.77. The summed E-state index contributed by atoms with van der Waals surface area (Å²) in [6, 6.07) is 12.3. The lowest BCUT2D eigenvalue weighted by Crippen LogP contribution is -2.25. The Morgan fingerprint density at radius 3 is 2.48 bits per heavy atom. The number of sulfonamides is 1. The summed E-state index contributed by atoms with van der Waals surface area (Å²) in [6.07, 6.45) is 1.60. The molecule has 0 aliphatic carbocycles. The molecule has 1 atom stereocenters. The van der Waals surface area contributed by atoms with Crippen molar-refractivity contribution < 1.29 is 18.3 Å². The van der Waals surface area contributed by atoms with Crippen LogP contribution in [0.5, 0.6) is 11.5 Å². The molecule has 0 aromatic heterocycles. The van der Waals surface area contributed by atoms with Crippen LogP contribution < -0.4 is 4.74 Å². The third-order valence-electron chi connectivity index (χ3n) is 4.19. The van der Waals surface area contributed by atoms with Crippen LogP contribution in [0.4, 0.5) is 0 Å². The van der Waals surface area contributed by atoms with Crippen molar-refractivity contribution in [3.8, 4) is 11.5 Å². The van der Waals surface area contributed by atoms with Crippen molar-refractivity contribution in [2.45, 2.75) is 19.4 Å². The topological polar surface area (TPSA) is 79.2 Å². The number of aromatic hydroxyl groups is 1. The van der Waals surface area contributed by atoms with Crippen molar-refractivity contribution in [1.82, 2.24) is 4.41 Å². The Kier molecular flexibility index (Phi) is 4.43. The maximum Gasteiger partial charge on any atom is 0.247 e. The van der Waals surface area contributed by atoms with Gasteiger partial charge in [0.1, 0.15) is 0 Å². The zero-order valence-corrected chi connectivity index (χ0v) is 15.1. The first-order valence-electron chi connectivity index (χ1n) is 7.80. The van der Waals surface area contributed by atoms with Gasteiger partial charge in [-0.3, -0.25) is 0 Å². The average Bonchev–Trinajstić information content (AvgIpc) is 3.01. The molecule has 0 spiro atoms. The van der Waals surface area contributed by atoms with E-state index in [4.69, 9.17) is 4.74 Å². The molecule has 0 bridgehead atoms. The molecule has 1 aliphatic rings. The van der Waals surface area contributed by atoms with E-state index < -0.39 is 10.0 Å². The first-order chi connectivity index (χ1) is 11.8. The molecular weight excluding hydrogens is 340 g/mol. The van der Waals surface area contributed by atoms with Crippen LogP contribution in [0.2, 0.25) is 0 Å². The van der Waals surface area contributed by atoms with E-state index in [0.717, 1.165) is 27.4 Å². The van der Waals surface area contributed by atoms with Gasteiger partial charge in [0.05, 0.1) is 25.1 Å². The molecule has 1 N–H and O–H groups in total. The molecule has 0 fully saturated rings. The number of phenols is 1. The van der Waals surface area contributed by atoms with Gasteiger partial charge in [-0.25, -0.2) is 8.42 Å². The maximum absolute atomic E-state index is 12.2. The molecule has 7 heteroatoms. The van der Waals surface area contributed by atoms with E-state index in [1.807, 2.05) is 31.2 Å². The summed E-state index contributed by atoms with van der Waals surface area (Å²) in [5, 5.41) is 14.1. The van der Waals surface area contributed by atoms with Gasteiger partial charge in [0.25, 0.3) is 0 Å². The van der Waals surface area contributed by atoms with Gasteiger partial charge in [0, 0.05) is 12.0 Å². The van der Waals surface area contributed by atoms with Crippen molar-refractivity contribution in [1.29, 1.82) is 0 Å². The molecule has 0 saturated heterocycles. The molecule has 1 aliphatic heterocycles. The second-order valence-electron chi connectivity index (χ2n) is 6.10. The number of ether oxygens (including phenoxy) is 1. The van der Waals surface area contributed by atoms with Crippen molar-refractivity contribution in [3.63, 3.8) is 0 Å². The Balaban J connectivity index is 2.01. The molecule has 2 aromatic rings. The number of hydrogen-bond acceptors (Lipinski definition) is 5. The van der Waals surface area contributed by atoms with Crippen LogP contribution >= 0.6 is 0 Å². The molecule has 6 nitrogen and oxygen atoms in total. The van der Waals surface area contributed by atoms with Gasteiger partial charge in [-0.1, -0.05) is 29.8 Å². The van der Waals surface area contributed by atoms with Crippen LogP contribution in [0.3, 0.4) is 0 Å². The van der Waals surface area contributed by atoms with Crippen LogP contribution in [0.15, 0.2) is 47.6 Å². The molecule has 0 amide bonds. The highest BCUT2D eigenvalue weighted by Gasteiger charge is 2.34. The van der Waals surface area contributed by atoms with Crippen molar-refractivity contribution in [3.05, 3.63) is 59.2 Å². The number of benzene rings is 2. The van der Waals surface area contributed by atoms with Gasteiger partial charge in [0.15, 0.2) is 11.5 Å². The fourth-order valence-electron chi connectivity index (χ4n) is 2.86. The smallest absolute Gasteiger partial charge is 0.247 e. The van der Waals surface area contributed by atoms with E-state index in [0.29, 0.717) is 17.9 Å². The standard InChI is InChI=1S/C18H20N2O4S/c1-12-4-6-13(7-5-12)16-11-15(19-20(16)25(3,22)23)14-8-9-17(21)18(10-14)24-2/h4-10,16,21H,11H2,1-3H3/t16-/m0/s1. The van der Waals surface area contributed by atoms with Crippen LogP contribution in [0.25, 0.3) is 0 Å². The van der Waals surface area contributed by atoms with Crippen molar-refractivity contribution in [2.24, 2.45) is 5.10 Å². The van der Waals surface area contributed by atoms with Crippen LogP contribution in [0, 0.1) is 6.92 Å². The Morgan fingerprint density at radius 2 is 1.88 bits per heavy atom. The fraction of sp³-hybridized carbons (Fsp3) is 0.278. The van der Waals surface area contributed by atoms with Crippen LogP contribution in [-0.4, -0.2) is 37.0 Å². The normalized spacial score (nSPS) is 17.5. The van der Waals surface area contributed by atoms with Crippen LogP contribution in [-0.2, 0) is 10.0 Å². The number of hydrogen-bond donors (Lipinski definition) is 1. The summed E-state index contributed by atoms with van der Waals surface area (Å²) < 4.78 is 30.7. The monoisotopic (exact) mass is 360 g/mol.